The summed E-state index contributed by atoms with van der Waals surface area (Å²) in [5, 5.41) is 9.85. The molecular weight excluding hydrogens is 364 g/mol. The number of esters is 1. The van der Waals surface area contributed by atoms with Crippen LogP contribution in [0.3, 0.4) is 0 Å². The van der Waals surface area contributed by atoms with Crippen molar-refractivity contribution in [2.24, 2.45) is 22.7 Å². The lowest BCUT2D eigenvalue weighted by Gasteiger charge is -2.59. The van der Waals surface area contributed by atoms with Gasteiger partial charge in [0.25, 0.3) is 0 Å². The van der Waals surface area contributed by atoms with E-state index < -0.39 is 12.3 Å². The van der Waals surface area contributed by atoms with E-state index >= 15 is 0 Å². The van der Waals surface area contributed by atoms with Crippen molar-refractivity contribution in [1.29, 1.82) is 0 Å². The molecular formula is C25H36O4. The zero-order valence-corrected chi connectivity index (χ0v) is 18.2. The number of allylic oxidation sites excluding steroid dienone is 1. The van der Waals surface area contributed by atoms with Crippen molar-refractivity contribution in [1.82, 2.24) is 0 Å². The van der Waals surface area contributed by atoms with Crippen molar-refractivity contribution in [3.8, 4) is 0 Å². The fourth-order valence-corrected chi connectivity index (χ4v) is 6.50. The molecule has 0 spiro atoms. The molecule has 160 valence electrons. The highest BCUT2D eigenvalue weighted by atomic mass is 16.6. The highest BCUT2D eigenvalue weighted by Crippen LogP contribution is 2.62. The van der Waals surface area contributed by atoms with E-state index in [0.29, 0.717) is 29.4 Å². The van der Waals surface area contributed by atoms with Gasteiger partial charge in [-0.15, -0.1) is 0 Å². The number of hydrogen-bond donors (Lipinski definition) is 1. The first-order chi connectivity index (χ1) is 13.7. The molecule has 6 atom stereocenters. The van der Waals surface area contributed by atoms with Crippen LogP contribution in [-0.4, -0.2) is 30.1 Å². The van der Waals surface area contributed by atoms with Gasteiger partial charge in [-0.2, -0.15) is 0 Å². The molecule has 0 aromatic carbocycles. The summed E-state index contributed by atoms with van der Waals surface area (Å²) in [5.74, 6) is 0.966. The minimum atomic E-state index is -1.15. The summed E-state index contributed by atoms with van der Waals surface area (Å²) in [6.45, 7) is 12.5. The van der Waals surface area contributed by atoms with Gasteiger partial charge in [0, 0.05) is 11.6 Å². The van der Waals surface area contributed by atoms with Crippen LogP contribution in [0.15, 0.2) is 35.5 Å². The van der Waals surface area contributed by atoms with E-state index in [1.54, 1.807) is 0 Å². The Morgan fingerprint density at radius 1 is 1.31 bits per heavy atom. The number of rotatable bonds is 4. The molecule has 0 aromatic rings. The van der Waals surface area contributed by atoms with Gasteiger partial charge in [0.15, 0.2) is 0 Å². The Hall–Kier alpha value is -1.39. The molecule has 4 rings (SSSR count). The van der Waals surface area contributed by atoms with Gasteiger partial charge in [-0.3, -0.25) is 0 Å². The minimum absolute atomic E-state index is 0.255. The van der Waals surface area contributed by atoms with E-state index in [1.165, 1.54) is 55.7 Å². The Bertz CT molecular complexity index is 750. The Balaban J connectivity index is 1.42. The average molecular weight is 401 g/mol. The third kappa shape index (κ3) is 3.63. The summed E-state index contributed by atoms with van der Waals surface area (Å²) in [6, 6.07) is 0. The van der Waals surface area contributed by atoms with Gasteiger partial charge in [0.2, 0.25) is 6.29 Å². The van der Waals surface area contributed by atoms with Crippen molar-refractivity contribution in [2.75, 3.05) is 6.61 Å². The number of fused-ring (bicyclic) bond motifs is 1. The first-order valence-electron chi connectivity index (χ1n) is 11.3. The number of cyclic esters (lactones) is 1. The molecule has 4 heteroatoms. The summed E-state index contributed by atoms with van der Waals surface area (Å²) in [7, 11) is 0. The molecule has 4 nitrogen and oxygen atoms in total. The molecule has 2 aliphatic carbocycles. The molecule has 2 saturated carbocycles. The fourth-order valence-electron chi connectivity index (χ4n) is 6.50. The zero-order chi connectivity index (χ0) is 20.8. The van der Waals surface area contributed by atoms with E-state index in [0.717, 1.165) is 18.3 Å². The van der Waals surface area contributed by atoms with E-state index in [1.807, 2.05) is 0 Å². The second-order valence-corrected chi connectivity index (χ2v) is 10.2. The lowest BCUT2D eigenvalue weighted by molar-refractivity contribution is -0.152. The van der Waals surface area contributed by atoms with Crippen LogP contribution in [0.2, 0.25) is 0 Å². The van der Waals surface area contributed by atoms with Crippen molar-refractivity contribution in [2.45, 2.75) is 84.5 Å². The zero-order valence-electron chi connectivity index (χ0n) is 18.2. The number of aliphatic hydroxyl groups is 1. The molecule has 0 amide bonds. The highest BCUT2D eigenvalue weighted by molar-refractivity contribution is 5.85. The molecule has 0 bridgehead atoms. The lowest BCUT2D eigenvalue weighted by atomic mass is 9.46. The Kier molecular flexibility index (Phi) is 5.54. The summed E-state index contributed by atoms with van der Waals surface area (Å²) >= 11 is 0. The summed E-state index contributed by atoms with van der Waals surface area (Å²) in [6.07, 6.45) is 11.6. The van der Waals surface area contributed by atoms with Crippen molar-refractivity contribution in [3.05, 3.63) is 35.5 Å². The largest absolute Gasteiger partial charge is 0.429 e. The number of aliphatic hydroxyl groups excluding tert-OH is 1. The van der Waals surface area contributed by atoms with Gasteiger partial charge in [-0.05, 0) is 79.6 Å². The quantitative estimate of drug-likeness (QED) is 0.528. The smallest absolute Gasteiger partial charge is 0.333 e. The molecule has 2 fully saturated rings. The number of carbonyl (C=O) groups is 1. The normalized spacial score (nSPS) is 42.8. The number of ether oxygens (including phenoxy) is 2. The molecule has 29 heavy (non-hydrogen) atoms. The van der Waals surface area contributed by atoms with Gasteiger partial charge in [-0.25, -0.2) is 4.79 Å². The minimum Gasteiger partial charge on any atom is -0.429 e. The van der Waals surface area contributed by atoms with E-state index in [4.69, 9.17) is 9.47 Å². The van der Waals surface area contributed by atoms with Crippen LogP contribution in [-0.2, 0) is 14.3 Å². The third-order valence-corrected chi connectivity index (χ3v) is 8.81. The van der Waals surface area contributed by atoms with Crippen molar-refractivity contribution >= 4 is 5.97 Å². The first kappa shape index (κ1) is 20.9. The van der Waals surface area contributed by atoms with E-state index in [9.17, 15) is 9.90 Å². The predicted octanol–water partition coefficient (Wildman–Crippen LogP) is 5.08. The van der Waals surface area contributed by atoms with E-state index in [-0.39, 0.29) is 6.10 Å². The lowest BCUT2D eigenvalue weighted by Crippen LogP contribution is -2.50. The standard InChI is InChI=1S/C25H36O4/c1-16-6-5-7-21-24(16,3)12-10-17(2)25(21,4)13-11-18-8-9-20(28-15-18)19-14-22(26)29-23(19)27/h8,14,17,20-21,23,27H,1,5-7,9-13,15H2,2-4H3/t17-,20-,21?,23?,24-,25-/m0/s1. The second kappa shape index (κ2) is 7.70. The topological polar surface area (TPSA) is 55.8 Å². The molecule has 0 saturated heterocycles. The van der Waals surface area contributed by atoms with Gasteiger partial charge in [-0.1, -0.05) is 39.0 Å². The summed E-state index contributed by atoms with van der Waals surface area (Å²) < 4.78 is 10.8. The fraction of sp³-hybridized carbons (Fsp3) is 0.720. The van der Waals surface area contributed by atoms with Crippen LogP contribution in [0.1, 0.15) is 72.1 Å². The summed E-state index contributed by atoms with van der Waals surface area (Å²) in [5.41, 5.74) is 4.01. The van der Waals surface area contributed by atoms with Gasteiger partial charge >= 0.3 is 5.97 Å². The number of carbonyl (C=O) groups excluding carboxylic acids is 1. The van der Waals surface area contributed by atoms with Crippen LogP contribution in [0.4, 0.5) is 0 Å². The van der Waals surface area contributed by atoms with Crippen molar-refractivity contribution < 1.29 is 19.4 Å². The molecule has 2 unspecified atom stereocenters. The maximum absolute atomic E-state index is 11.3. The molecule has 2 heterocycles. The second-order valence-electron chi connectivity index (χ2n) is 10.2. The molecule has 0 aromatic heterocycles. The Morgan fingerprint density at radius 2 is 2.10 bits per heavy atom. The van der Waals surface area contributed by atoms with Gasteiger partial charge < -0.3 is 14.6 Å². The predicted molar refractivity (Wildman–Crippen MR) is 113 cm³/mol. The van der Waals surface area contributed by atoms with Crippen LogP contribution in [0, 0.1) is 22.7 Å². The highest BCUT2D eigenvalue weighted by Gasteiger charge is 2.53. The van der Waals surface area contributed by atoms with Crippen molar-refractivity contribution in [3.63, 3.8) is 0 Å². The molecule has 1 N–H and O–H groups in total. The molecule has 4 aliphatic rings. The van der Waals surface area contributed by atoms with E-state index in [2.05, 4.69) is 33.4 Å². The van der Waals surface area contributed by atoms with Crippen LogP contribution >= 0.6 is 0 Å². The Labute approximate surface area is 175 Å². The average Bonchev–Trinajstić information content (AvgIpc) is 3.04. The molecule has 0 radical (unpaired) electrons. The maximum Gasteiger partial charge on any atom is 0.333 e. The van der Waals surface area contributed by atoms with Crippen LogP contribution < -0.4 is 0 Å². The van der Waals surface area contributed by atoms with Gasteiger partial charge in [0.1, 0.15) is 0 Å². The Morgan fingerprint density at radius 3 is 2.76 bits per heavy atom. The number of hydrogen-bond acceptors (Lipinski definition) is 4. The third-order valence-electron chi connectivity index (χ3n) is 8.81. The monoisotopic (exact) mass is 400 g/mol. The summed E-state index contributed by atoms with van der Waals surface area (Å²) in [4.78, 5) is 11.3. The maximum atomic E-state index is 11.3. The SMILES string of the molecule is C=C1CCCC2[C@@]1(C)CC[C@H](C)[C@]2(C)CCC1=CC[C@@H](C2=CC(=O)OC2O)OC1. The van der Waals surface area contributed by atoms with Crippen LogP contribution in [0.25, 0.3) is 0 Å². The van der Waals surface area contributed by atoms with Crippen LogP contribution in [0.5, 0.6) is 0 Å². The molecule has 2 aliphatic heterocycles. The van der Waals surface area contributed by atoms with Gasteiger partial charge in [0.05, 0.1) is 12.7 Å². The first-order valence-corrected chi connectivity index (χ1v) is 11.3.